The topological polar surface area (TPSA) is 212 Å². The Kier molecular flexibility index (Phi) is 21.0. The number of halogens is 4. The molecule has 0 radical (unpaired) electrons. The molecule has 0 saturated carbocycles. The molecule has 0 atom stereocenters. The Morgan fingerprint density at radius 2 is 0.890 bits per heavy atom. The number of pyridine rings is 4. The lowest BCUT2D eigenvalue weighted by Crippen LogP contribution is -2.56. The molecule has 8 aromatic rings. The zero-order valence-electron chi connectivity index (χ0n) is 56.7. The molecule has 4 fully saturated rings. The Morgan fingerprint density at radius 1 is 0.490 bits per heavy atom. The van der Waals surface area contributed by atoms with Crippen LogP contribution < -0.4 is 29.6 Å². The van der Waals surface area contributed by atoms with E-state index in [-0.39, 0.29) is 34.6 Å². The summed E-state index contributed by atoms with van der Waals surface area (Å²) < 4.78 is 32.8. The van der Waals surface area contributed by atoms with E-state index >= 15 is 0 Å². The van der Waals surface area contributed by atoms with Crippen molar-refractivity contribution < 1.29 is 47.6 Å². The summed E-state index contributed by atoms with van der Waals surface area (Å²) in [6, 6.07) is 31.6. The molecule has 100 heavy (non-hydrogen) atoms. The van der Waals surface area contributed by atoms with Gasteiger partial charge in [0.05, 0.1) is 98.4 Å². The quantitative estimate of drug-likeness (QED) is 0.0679. The molecule has 4 saturated heterocycles. The molecule has 4 aromatic heterocycles. The monoisotopic (exact) mass is 1430 g/mol. The summed E-state index contributed by atoms with van der Waals surface area (Å²) in [6.07, 6.45) is 6.98. The predicted octanol–water partition coefficient (Wildman–Crippen LogP) is 12.1. The Balaban J connectivity index is 0.000000179. The minimum Gasteiger partial charge on any atom is -0.496 e. The van der Waals surface area contributed by atoms with Gasteiger partial charge in [0, 0.05) is 194 Å². The van der Waals surface area contributed by atoms with Gasteiger partial charge in [-0.05, 0) is 72.5 Å². The lowest BCUT2D eigenvalue weighted by molar-refractivity contribution is -0.141. The van der Waals surface area contributed by atoms with Crippen LogP contribution in [0.15, 0.2) is 109 Å². The highest BCUT2D eigenvalue weighted by Gasteiger charge is 2.49. The molecule has 4 aromatic carbocycles. The van der Waals surface area contributed by atoms with Crippen LogP contribution >= 0.6 is 46.4 Å². The van der Waals surface area contributed by atoms with Gasteiger partial charge in [-0.25, -0.2) is 9.97 Å². The summed E-state index contributed by atoms with van der Waals surface area (Å²) in [5, 5.41) is 7.93. The lowest BCUT2D eigenvalue weighted by atomic mass is 9.79. The van der Waals surface area contributed by atoms with E-state index in [2.05, 4.69) is 42.4 Å². The van der Waals surface area contributed by atoms with Gasteiger partial charge in [0.2, 0.25) is 23.6 Å². The van der Waals surface area contributed by atoms with Crippen LogP contribution in [-0.4, -0.2) is 171 Å². The number of nitrogens with one attached hydrogen (secondary N) is 2. The largest absolute Gasteiger partial charge is 0.496 e. The van der Waals surface area contributed by atoms with E-state index in [4.69, 9.17) is 94.8 Å². The highest BCUT2D eigenvalue weighted by atomic mass is 35.5. The first kappa shape index (κ1) is 70.0. The first-order valence-corrected chi connectivity index (χ1v) is 34.8. The van der Waals surface area contributed by atoms with Gasteiger partial charge in [-0.15, -0.1) is 0 Å². The smallest absolute Gasteiger partial charge is 0.306 e. The summed E-state index contributed by atoms with van der Waals surface area (Å²) in [4.78, 5) is 75.1. The molecule has 0 aliphatic carbocycles. The van der Waals surface area contributed by atoms with Crippen LogP contribution in [0.4, 0.5) is 0 Å². The van der Waals surface area contributed by atoms with Gasteiger partial charge in [0.15, 0.2) is 0 Å². The molecule has 0 bridgehead atoms. The van der Waals surface area contributed by atoms with E-state index < -0.39 is 0 Å². The third-order valence-electron chi connectivity index (χ3n) is 20.1. The van der Waals surface area contributed by atoms with E-state index in [9.17, 15) is 19.2 Å². The van der Waals surface area contributed by atoms with Crippen LogP contribution in [0.1, 0.15) is 59.1 Å². The van der Waals surface area contributed by atoms with Crippen molar-refractivity contribution in [2.75, 3.05) is 108 Å². The van der Waals surface area contributed by atoms with Gasteiger partial charge in [-0.1, -0.05) is 94.9 Å². The molecule has 10 heterocycles. The molecule has 2 amide bonds. The fourth-order valence-corrected chi connectivity index (χ4v) is 16.3. The van der Waals surface area contributed by atoms with Crippen LogP contribution in [0, 0.1) is 10.8 Å². The summed E-state index contributed by atoms with van der Waals surface area (Å²) >= 11 is 28.6. The number of likely N-dealkylation sites (tertiary alicyclic amines) is 2. The summed E-state index contributed by atoms with van der Waals surface area (Å²) in [5.74, 6) is 2.44. The number of carbonyl (C=O) groups is 4. The van der Waals surface area contributed by atoms with E-state index in [0.29, 0.717) is 120 Å². The van der Waals surface area contributed by atoms with Gasteiger partial charge < -0.3 is 39.1 Å². The Morgan fingerprint density at radius 3 is 1.26 bits per heavy atom. The van der Waals surface area contributed by atoms with E-state index in [1.807, 2.05) is 84.9 Å². The van der Waals surface area contributed by atoms with Gasteiger partial charge in [-0.2, -0.15) is 0 Å². The normalized spacial score (nSPS) is 16.9. The van der Waals surface area contributed by atoms with Gasteiger partial charge >= 0.3 is 11.9 Å². The molecule has 20 nitrogen and oxygen atoms in total. The molecule has 520 valence electrons. The molecule has 6 aliphatic rings. The summed E-state index contributed by atoms with van der Waals surface area (Å²) in [5.41, 5.74) is 15.5. The average Bonchev–Trinajstić information content (AvgIpc) is 1.26. The Bertz CT molecular complexity index is 4170. The maximum Gasteiger partial charge on any atom is 0.306 e. The molecule has 0 unspecified atom stereocenters. The number of hydrogen-bond acceptors (Lipinski definition) is 18. The van der Waals surface area contributed by atoms with Gasteiger partial charge in [-0.3, -0.25) is 48.7 Å². The fraction of sp³-hybridized carbons (Fsp3) is 0.368. The van der Waals surface area contributed by atoms with Crippen LogP contribution in [0.5, 0.6) is 23.3 Å². The van der Waals surface area contributed by atoms with Crippen molar-refractivity contribution in [1.82, 2.24) is 50.2 Å². The highest BCUT2D eigenvalue weighted by molar-refractivity contribution is 6.40. The number of hydrogen-bond donors (Lipinski definition) is 2. The van der Waals surface area contributed by atoms with Crippen molar-refractivity contribution in [1.29, 1.82) is 0 Å². The molecule has 6 aliphatic heterocycles. The first-order chi connectivity index (χ1) is 48.4. The van der Waals surface area contributed by atoms with E-state index in [0.717, 1.165) is 143 Å². The second-order valence-electron chi connectivity index (χ2n) is 26.6. The fourth-order valence-electron chi connectivity index (χ4n) is 15.0. The number of nitrogens with zero attached hydrogens (tertiary/aromatic N) is 8. The van der Waals surface area contributed by atoms with Crippen molar-refractivity contribution >= 4 is 70.2 Å². The second-order valence-corrected chi connectivity index (χ2v) is 28.2. The molecule has 2 spiro atoms. The standard InChI is InChI=1S/2C38H39Cl2N5O5/c2*1-48-31-16-25(15-23-10-13-44(19-29(23)31)14-11-33(47)49-2)36-35(40)27(9-12-41-36)26-5-4-6-28(34(26)39)30-8-7-24(37(43-30)50-3)18-45-21-38(22-45)17-32(46)42-20-38/h2*4-9,12,15-16H,10-11,13-14,17-22H2,1-3H3,(H,42,46). The molecule has 2 N–H and O–H groups in total. The predicted molar refractivity (Wildman–Crippen MR) is 385 cm³/mol. The number of amides is 2. The molecular formula is C76H78Cl4N10O10. The lowest BCUT2D eigenvalue weighted by Gasteiger charge is -2.47. The number of ether oxygens (including phenoxy) is 6. The number of aromatic nitrogens is 4. The number of methoxy groups -OCH3 is 6. The number of fused-ring (bicyclic) bond motifs is 2. The van der Waals surface area contributed by atoms with Crippen molar-refractivity contribution in [3.63, 3.8) is 0 Å². The third-order valence-corrected chi connectivity index (χ3v) is 21.6. The average molecular weight is 1430 g/mol. The molecule has 14 rings (SSSR count). The van der Waals surface area contributed by atoms with Gasteiger partial charge in [0.1, 0.15) is 11.5 Å². The minimum atomic E-state index is -0.216. The van der Waals surface area contributed by atoms with E-state index in [1.54, 1.807) is 40.8 Å². The highest BCUT2D eigenvalue weighted by Crippen LogP contribution is 2.47. The maximum atomic E-state index is 11.8. The zero-order chi connectivity index (χ0) is 70.0. The number of benzene rings is 4. The van der Waals surface area contributed by atoms with Crippen LogP contribution in [0.2, 0.25) is 20.1 Å². The van der Waals surface area contributed by atoms with Crippen LogP contribution in [0.25, 0.3) is 67.3 Å². The summed E-state index contributed by atoms with van der Waals surface area (Å²) in [7, 11) is 9.40. The van der Waals surface area contributed by atoms with Crippen molar-refractivity contribution in [3.05, 3.63) is 163 Å². The third kappa shape index (κ3) is 14.6. The summed E-state index contributed by atoms with van der Waals surface area (Å²) in [6.45, 7) is 10.6. The van der Waals surface area contributed by atoms with Gasteiger partial charge in [0.25, 0.3) is 0 Å². The van der Waals surface area contributed by atoms with Crippen LogP contribution in [0.3, 0.4) is 0 Å². The number of rotatable bonds is 20. The van der Waals surface area contributed by atoms with Crippen LogP contribution in [-0.2, 0) is 67.7 Å². The minimum absolute atomic E-state index is 0.0569. The molecule has 24 heteroatoms. The maximum absolute atomic E-state index is 11.8. The van der Waals surface area contributed by atoms with E-state index in [1.165, 1.54) is 25.3 Å². The first-order valence-electron chi connectivity index (χ1n) is 33.3. The SMILES string of the molecule is COC(=O)CCN1CCc2cc(-c3nccc(-c4cccc(-c5ccc(CN6CC7(CNC(=O)C7)C6)c(OC)n5)c4Cl)c3Cl)cc(OC)c2C1.COC(=O)CCN1CCc2cc(-c3nccc(-c4cccc(-c5ccc(CN6CC7(CNC(=O)C7)C6)c(OC)n5)c4Cl)c3Cl)cc(OC)c2C1. The number of esters is 2. The van der Waals surface area contributed by atoms with Crippen molar-refractivity contribution in [2.45, 2.75) is 64.7 Å². The number of carbonyl (C=O) groups excluding carboxylic acids is 4. The Labute approximate surface area is 601 Å². The second kappa shape index (κ2) is 30.0. The van der Waals surface area contributed by atoms with Crippen molar-refractivity contribution in [3.8, 4) is 90.5 Å². The zero-order valence-corrected chi connectivity index (χ0v) is 59.7. The Hall–Kier alpha value is -8.44. The van der Waals surface area contributed by atoms with Crippen molar-refractivity contribution in [2.24, 2.45) is 10.8 Å². The molecular weight excluding hydrogens is 1350 g/mol.